The molecule has 0 radical (unpaired) electrons. The Morgan fingerprint density at radius 1 is 1.15 bits per heavy atom. The van der Waals surface area contributed by atoms with Gasteiger partial charge in [-0.25, -0.2) is 0 Å². The molecule has 0 spiro atoms. The molecule has 1 aliphatic rings. The number of nitrogens with one attached hydrogen (secondary N) is 1. The summed E-state index contributed by atoms with van der Waals surface area (Å²) in [6, 6.07) is 8.97. The Morgan fingerprint density at radius 2 is 1.90 bits per heavy atom. The number of hydrogen-bond acceptors (Lipinski definition) is 2. The molecule has 1 N–H and O–H groups in total. The van der Waals surface area contributed by atoms with Crippen LogP contribution in [0.5, 0.6) is 0 Å². The molecule has 0 bridgehead atoms. The average Bonchev–Trinajstić information content (AvgIpc) is 2.70. The van der Waals surface area contributed by atoms with Crippen molar-refractivity contribution in [1.82, 2.24) is 5.32 Å². The lowest BCUT2D eigenvalue weighted by Gasteiger charge is -2.23. The van der Waals surface area contributed by atoms with Crippen LogP contribution in [0.1, 0.15) is 55.9 Å². The van der Waals surface area contributed by atoms with Crippen LogP contribution in [0.25, 0.3) is 11.0 Å². The second kappa shape index (κ2) is 6.01. The van der Waals surface area contributed by atoms with E-state index in [9.17, 15) is 0 Å². The first kappa shape index (κ1) is 13.7. The van der Waals surface area contributed by atoms with Crippen molar-refractivity contribution in [2.45, 2.75) is 51.5 Å². The molecule has 3 rings (SSSR count). The van der Waals surface area contributed by atoms with E-state index in [1.807, 2.05) is 0 Å². The van der Waals surface area contributed by atoms with Gasteiger partial charge in [-0.3, -0.25) is 0 Å². The lowest BCUT2D eigenvalue weighted by atomic mass is 9.90. The Balaban J connectivity index is 1.92. The van der Waals surface area contributed by atoms with Gasteiger partial charge in [0.25, 0.3) is 0 Å². The van der Waals surface area contributed by atoms with E-state index in [0.717, 1.165) is 11.3 Å². The Hall–Kier alpha value is -1.28. The van der Waals surface area contributed by atoms with Gasteiger partial charge in [0.1, 0.15) is 11.3 Å². The van der Waals surface area contributed by atoms with Crippen LogP contribution >= 0.6 is 0 Å². The largest absolute Gasteiger partial charge is 0.459 e. The first-order valence-electron chi connectivity index (χ1n) is 7.96. The highest BCUT2D eigenvalue weighted by Gasteiger charge is 2.25. The van der Waals surface area contributed by atoms with E-state index in [1.54, 1.807) is 0 Å². The molecule has 1 aromatic carbocycles. The van der Waals surface area contributed by atoms with Gasteiger partial charge >= 0.3 is 0 Å². The van der Waals surface area contributed by atoms with Crippen LogP contribution in [-0.4, -0.2) is 7.05 Å². The first-order chi connectivity index (χ1) is 9.79. The zero-order valence-corrected chi connectivity index (χ0v) is 12.6. The quantitative estimate of drug-likeness (QED) is 0.797. The van der Waals surface area contributed by atoms with E-state index in [1.165, 1.54) is 49.5 Å². The maximum atomic E-state index is 6.18. The molecule has 108 valence electrons. The molecule has 2 nitrogen and oxygen atoms in total. The van der Waals surface area contributed by atoms with Gasteiger partial charge in [0.05, 0.1) is 6.04 Å². The Morgan fingerprint density at radius 3 is 2.55 bits per heavy atom. The van der Waals surface area contributed by atoms with Crippen LogP contribution in [-0.2, 0) is 0 Å². The third-order valence-electron chi connectivity index (χ3n) is 4.75. The molecule has 0 saturated heterocycles. The van der Waals surface area contributed by atoms with Crippen LogP contribution in [0.15, 0.2) is 28.7 Å². The molecule has 0 amide bonds. The zero-order valence-electron chi connectivity index (χ0n) is 12.6. The number of benzene rings is 1. The third kappa shape index (κ3) is 2.62. The number of para-hydroxylation sites is 1. The van der Waals surface area contributed by atoms with Gasteiger partial charge in [0.15, 0.2) is 0 Å². The van der Waals surface area contributed by atoms with E-state index >= 15 is 0 Å². The van der Waals surface area contributed by atoms with E-state index in [2.05, 4.69) is 43.6 Å². The van der Waals surface area contributed by atoms with Crippen LogP contribution in [0, 0.1) is 12.8 Å². The van der Waals surface area contributed by atoms with Crippen LogP contribution in [0.4, 0.5) is 0 Å². The van der Waals surface area contributed by atoms with Gasteiger partial charge in [0.2, 0.25) is 0 Å². The molecule has 2 aromatic rings. The number of furan rings is 1. The second-order valence-corrected chi connectivity index (χ2v) is 6.16. The molecule has 20 heavy (non-hydrogen) atoms. The van der Waals surface area contributed by atoms with Crippen LogP contribution in [0.3, 0.4) is 0 Å². The fourth-order valence-electron chi connectivity index (χ4n) is 3.64. The summed E-state index contributed by atoms with van der Waals surface area (Å²) in [7, 11) is 2.07. The highest BCUT2D eigenvalue weighted by atomic mass is 16.3. The molecule has 2 heteroatoms. The highest BCUT2D eigenvalue weighted by Crippen LogP contribution is 2.36. The summed E-state index contributed by atoms with van der Waals surface area (Å²) in [6.45, 7) is 2.12. The summed E-state index contributed by atoms with van der Waals surface area (Å²) in [5.74, 6) is 1.83. The maximum Gasteiger partial charge on any atom is 0.137 e. The Bertz CT molecular complexity index is 564. The van der Waals surface area contributed by atoms with Crippen molar-refractivity contribution in [3.63, 3.8) is 0 Å². The third-order valence-corrected chi connectivity index (χ3v) is 4.75. The van der Waals surface area contributed by atoms with Crippen molar-refractivity contribution in [2.75, 3.05) is 7.05 Å². The van der Waals surface area contributed by atoms with Crippen molar-refractivity contribution in [3.8, 4) is 0 Å². The van der Waals surface area contributed by atoms with Gasteiger partial charge in [-0.05, 0) is 44.4 Å². The molecule has 1 unspecified atom stereocenters. The van der Waals surface area contributed by atoms with E-state index in [4.69, 9.17) is 4.42 Å². The topological polar surface area (TPSA) is 25.2 Å². The van der Waals surface area contributed by atoms with Gasteiger partial charge < -0.3 is 9.73 Å². The minimum atomic E-state index is 0.361. The summed E-state index contributed by atoms with van der Waals surface area (Å²) in [5.41, 5.74) is 2.28. The molecule has 1 aliphatic carbocycles. The average molecular weight is 271 g/mol. The predicted octanol–water partition coefficient (Wildman–Crippen LogP) is 4.97. The van der Waals surface area contributed by atoms with Gasteiger partial charge in [-0.2, -0.15) is 0 Å². The van der Waals surface area contributed by atoms with E-state index in [-0.39, 0.29) is 0 Å². The molecule has 1 saturated carbocycles. The van der Waals surface area contributed by atoms with Crippen molar-refractivity contribution in [2.24, 2.45) is 5.92 Å². The van der Waals surface area contributed by atoms with Gasteiger partial charge in [-0.15, -0.1) is 0 Å². The zero-order chi connectivity index (χ0) is 13.9. The molecule has 0 aliphatic heterocycles. The van der Waals surface area contributed by atoms with Crippen LogP contribution in [0.2, 0.25) is 0 Å². The van der Waals surface area contributed by atoms with Crippen molar-refractivity contribution in [1.29, 1.82) is 0 Å². The van der Waals surface area contributed by atoms with Crippen molar-refractivity contribution < 1.29 is 4.42 Å². The van der Waals surface area contributed by atoms with Gasteiger partial charge in [0, 0.05) is 5.39 Å². The van der Waals surface area contributed by atoms with E-state index < -0.39 is 0 Å². The maximum absolute atomic E-state index is 6.18. The van der Waals surface area contributed by atoms with Gasteiger partial charge in [-0.1, -0.05) is 43.9 Å². The predicted molar refractivity (Wildman–Crippen MR) is 83.9 cm³/mol. The number of hydrogen-bond donors (Lipinski definition) is 1. The molecule has 1 fully saturated rings. The standard InChI is InChI=1S/C18H25NO/c1-13-8-7-11-15-12-16(20-18(13)15)17(19-2)14-9-5-3-4-6-10-14/h7-8,11-12,14,17,19H,3-6,9-10H2,1-2H3. The Labute approximate surface area is 121 Å². The molecule has 1 heterocycles. The summed E-state index contributed by atoms with van der Waals surface area (Å²) >= 11 is 0. The van der Waals surface area contributed by atoms with Crippen molar-refractivity contribution >= 4 is 11.0 Å². The summed E-state index contributed by atoms with van der Waals surface area (Å²) in [6.07, 6.45) is 8.16. The molecular weight excluding hydrogens is 246 g/mol. The minimum absolute atomic E-state index is 0.361. The summed E-state index contributed by atoms with van der Waals surface area (Å²) < 4.78 is 6.18. The number of fused-ring (bicyclic) bond motifs is 1. The second-order valence-electron chi connectivity index (χ2n) is 6.16. The SMILES string of the molecule is CNC(c1cc2cccc(C)c2o1)C1CCCCCC1. The van der Waals surface area contributed by atoms with Crippen molar-refractivity contribution in [3.05, 3.63) is 35.6 Å². The molecule has 1 aromatic heterocycles. The van der Waals surface area contributed by atoms with E-state index in [0.29, 0.717) is 12.0 Å². The summed E-state index contributed by atoms with van der Waals surface area (Å²) in [5, 5.41) is 4.73. The smallest absolute Gasteiger partial charge is 0.137 e. The number of aryl methyl sites for hydroxylation is 1. The highest BCUT2D eigenvalue weighted by molar-refractivity contribution is 5.81. The number of rotatable bonds is 3. The first-order valence-corrected chi connectivity index (χ1v) is 7.96. The lowest BCUT2D eigenvalue weighted by Crippen LogP contribution is -2.24. The van der Waals surface area contributed by atoms with Crippen LogP contribution < -0.4 is 5.32 Å². The fourth-order valence-corrected chi connectivity index (χ4v) is 3.64. The molecule has 1 atom stereocenters. The lowest BCUT2D eigenvalue weighted by molar-refractivity contribution is 0.302. The Kier molecular flexibility index (Phi) is 4.11. The minimum Gasteiger partial charge on any atom is -0.459 e. The normalized spacial score (nSPS) is 19.1. The monoisotopic (exact) mass is 271 g/mol. The molecular formula is C18H25NO. The summed E-state index contributed by atoms with van der Waals surface area (Å²) in [4.78, 5) is 0. The fraction of sp³-hybridized carbons (Fsp3) is 0.556.